The molecule has 1 aromatic carbocycles. The molecule has 4 aliphatic rings. The van der Waals surface area contributed by atoms with Gasteiger partial charge in [-0.25, -0.2) is 0 Å². The number of allylic oxidation sites excluding steroid dienone is 3. The van der Waals surface area contributed by atoms with E-state index in [0.717, 1.165) is 30.3 Å². The Morgan fingerprint density at radius 3 is 2.80 bits per heavy atom. The van der Waals surface area contributed by atoms with Gasteiger partial charge < -0.3 is 9.47 Å². The summed E-state index contributed by atoms with van der Waals surface area (Å²) in [7, 11) is 3.57. The van der Waals surface area contributed by atoms with Crippen LogP contribution in [-0.2, 0) is 16.6 Å². The third-order valence-electron chi connectivity index (χ3n) is 6.80. The predicted octanol–water partition coefficient (Wildman–Crippen LogP) is 3.83. The van der Waals surface area contributed by atoms with Crippen LogP contribution >= 0.6 is 0 Å². The summed E-state index contributed by atoms with van der Waals surface area (Å²) in [6, 6.07) is 7.27. The first-order valence-corrected chi connectivity index (χ1v) is 9.60. The lowest BCUT2D eigenvalue weighted by molar-refractivity contribution is 0.119. The molecular weight excluding hydrogens is 310 g/mol. The Balaban J connectivity index is 1.63. The molecule has 3 aliphatic carbocycles. The summed E-state index contributed by atoms with van der Waals surface area (Å²) in [6.07, 6.45) is 10.7. The van der Waals surface area contributed by atoms with Crippen molar-refractivity contribution in [2.24, 2.45) is 5.92 Å². The molecular formula is C22H27NO2. The van der Waals surface area contributed by atoms with Crippen molar-refractivity contribution in [1.29, 1.82) is 0 Å². The van der Waals surface area contributed by atoms with Crippen LogP contribution in [0.3, 0.4) is 0 Å². The Morgan fingerprint density at radius 2 is 2.04 bits per heavy atom. The maximum Gasteiger partial charge on any atom is 0.119 e. The number of hydrogen-bond acceptors (Lipinski definition) is 3. The number of ether oxygens (including phenoxy) is 2. The topological polar surface area (TPSA) is 21.7 Å². The minimum Gasteiger partial charge on any atom is -0.501 e. The number of benzene rings is 1. The molecule has 2 fully saturated rings. The fourth-order valence-corrected chi connectivity index (χ4v) is 5.28. The van der Waals surface area contributed by atoms with Crippen molar-refractivity contribution < 1.29 is 9.47 Å². The summed E-state index contributed by atoms with van der Waals surface area (Å²) in [6.45, 7) is 2.48. The molecule has 3 heteroatoms. The fourth-order valence-electron chi connectivity index (χ4n) is 5.28. The van der Waals surface area contributed by atoms with E-state index in [1.807, 2.05) is 0 Å². The van der Waals surface area contributed by atoms with Gasteiger partial charge in [0.15, 0.2) is 0 Å². The second-order valence-corrected chi connectivity index (χ2v) is 8.15. The summed E-state index contributed by atoms with van der Waals surface area (Å²) in [5, 5.41) is 0. The summed E-state index contributed by atoms with van der Waals surface area (Å²) in [5.41, 5.74) is 4.69. The molecule has 0 aromatic heterocycles. The number of fused-ring (bicyclic) bond motifs is 1. The Kier molecular flexibility index (Phi) is 3.50. The average Bonchev–Trinajstić information content (AvgIpc) is 3.47. The van der Waals surface area contributed by atoms with Gasteiger partial charge in [-0.3, -0.25) is 4.90 Å². The van der Waals surface area contributed by atoms with Gasteiger partial charge in [-0.1, -0.05) is 12.1 Å². The van der Waals surface area contributed by atoms with Gasteiger partial charge in [0, 0.05) is 24.4 Å². The molecule has 1 saturated carbocycles. The quantitative estimate of drug-likeness (QED) is 0.833. The minimum atomic E-state index is 0.104. The van der Waals surface area contributed by atoms with Gasteiger partial charge >= 0.3 is 0 Å². The van der Waals surface area contributed by atoms with Gasteiger partial charge in [0.2, 0.25) is 0 Å². The second kappa shape index (κ2) is 5.63. The van der Waals surface area contributed by atoms with E-state index >= 15 is 0 Å². The normalized spacial score (nSPS) is 30.7. The molecule has 132 valence electrons. The van der Waals surface area contributed by atoms with E-state index in [4.69, 9.17) is 9.47 Å². The third kappa shape index (κ3) is 2.36. The summed E-state index contributed by atoms with van der Waals surface area (Å²) in [4.78, 5) is 2.76. The number of piperidine rings is 1. The van der Waals surface area contributed by atoms with Crippen LogP contribution < -0.4 is 4.74 Å². The molecule has 2 bridgehead atoms. The molecule has 0 radical (unpaired) electrons. The van der Waals surface area contributed by atoms with Gasteiger partial charge in [-0.15, -0.1) is 0 Å². The fraction of sp³-hybridized carbons (Fsp3) is 0.545. The van der Waals surface area contributed by atoms with Crippen LogP contribution in [0.4, 0.5) is 0 Å². The van der Waals surface area contributed by atoms with Crippen LogP contribution in [0.5, 0.6) is 5.75 Å². The molecule has 1 aromatic rings. The van der Waals surface area contributed by atoms with Crippen molar-refractivity contribution in [3.8, 4) is 5.75 Å². The lowest BCUT2D eigenvalue weighted by atomic mass is 9.57. The lowest BCUT2D eigenvalue weighted by Gasteiger charge is -2.54. The standard InChI is InChI=1S/C22H27NO2/c1-24-17-6-5-16-11-21-19-8-7-18(25-2)13-22(19,20(16)12-17)9-10-23(21)14-15-3-4-15/h5-8,12,15,21H,3-4,9-11,13-14H2,1-2H3/t21-,22+/m1/s1. The third-order valence-corrected chi connectivity index (χ3v) is 6.80. The van der Waals surface area contributed by atoms with Gasteiger partial charge in [0.25, 0.3) is 0 Å². The van der Waals surface area contributed by atoms with Crippen molar-refractivity contribution in [2.45, 2.75) is 43.6 Å². The monoisotopic (exact) mass is 337 g/mol. The van der Waals surface area contributed by atoms with E-state index in [1.54, 1.807) is 19.8 Å². The highest BCUT2D eigenvalue weighted by atomic mass is 16.5. The Hall–Kier alpha value is -1.74. The van der Waals surface area contributed by atoms with Crippen LogP contribution in [0.2, 0.25) is 0 Å². The molecule has 1 heterocycles. The summed E-state index contributed by atoms with van der Waals surface area (Å²) < 4.78 is 11.2. The highest BCUT2D eigenvalue weighted by Gasteiger charge is 2.51. The first kappa shape index (κ1) is 15.5. The molecule has 0 amide bonds. The Morgan fingerprint density at radius 1 is 1.16 bits per heavy atom. The highest BCUT2D eigenvalue weighted by molar-refractivity contribution is 5.55. The Labute approximate surface area is 150 Å². The van der Waals surface area contributed by atoms with Gasteiger partial charge in [-0.05, 0) is 73.1 Å². The van der Waals surface area contributed by atoms with Crippen LogP contribution in [-0.4, -0.2) is 38.3 Å². The number of hydrogen-bond donors (Lipinski definition) is 0. The molecule has 2 atom stereocenters. The Bertz CT molecular complexity index is 761. The number of methoxy groups -OCH3 is 2. The number of nitrogens with zero attached hydrogens (tertiary/aromatic N) is 1. The lowest BCUT2D eigenvalue weighted by Crippen LogP contribution is -2.56. The minimum absolute atomic E-state index is 0.104. The SMILES string of the molecule is COC1=CC=C2[C@H]3Cc4ccc(OC)cc4[C@@]2(CCN3CC2CC2)C1. The molecule has 1 saturated heterocycles. The van der Waals surface area contributed by atoms with Crippen molar-refractivity contribution in [1.82, 2.24) is 4.90 Å². The molecule has 0 unspecified atom stereocenters. The molecule has 25 heavy (non-hydrogen) atoms. The summed E-state index contributed by atoms with van der Waals surface area (Å²) >= 11 is 0. The molecule has 1 aliphatic heterocycles. The summed E-state index contributed by atoms with van der Waals surface area (Å²) in [5.74, 6) is 3.02. The van der Waals surface area contributed by atoms with Gasteiger partial charge in [0.05, 0.1) is 20.0 Å². The first-order valence-electron chi connectivity index (χ1n) is 9.60. The van der Waals surface area contributed by atoms with E-state index < -0.39 is 0 Å². The molecule has 5 rings (SSSR count). The van der Waals surface area contributed by atoms with Crippen molar-refractivity contribution in [3.63, 3.8) is 0 Å². The van der Waals surface area contributed by atoms with E-state index in [1.165, 1.54) is 43.5 Å². The molecule has 3 nitrogen and oxygen atoms in total. The van der Waals surface area contributed by atoms with Crippen LogP contribution in [0.1, 0.15) is 36.8 Å². The number of rotatable bonds is 4. The maximum atomic E-state index is 5.67. The van der Waals surface area contributed by atoms with Crippen LogP contribution in [0.25, 0.3) is 0 Å². The van der Waals surface area contributed by atoms with Gasteiger partial charge in [-0.2, -0.15) is 0 Å². The van der Waals surface area contributed by atoms with Crippen molar-refractivity contribution in [2.75, 3.05) is 27.3 Å². The van der Waals surface area contributed by atoms with Crippen LogP contribution in [0.15, 0.2) is 41.7 Å². The van der Waals surface area contributed by atoms with Crippen molar-refractivity contribution >= 4 is 0 Å². The number of likely N-dealkylation sites (tertiary alicyclic amines) is 1. The second-order valence-electron chi connectivity index (χ2n) is 8.15. The van der Waals surface area contributed by atoms with E-state index in [2.05, 4.69) is 35.3 Å². The molecule has 0 N–H and O–H groups in total. The first-order chi connectivity index (χ1) is 12.2. The largest absolute Gasteiger partial charge is 0.501 e. The van der Waals surface area contributed by atoms with Crippen LogP contribution in [0, 0.1) is 5.92 Å². The zero-order valence-electron chi connectivity index (χ0n) is 15.3. The predicted molar refractivity (Wildman–Crippen MR) is 98.9 cm³/mol. The zero-order valence-corrected chi connectivity index (χ0v) is 15.3. The van der Waals surface area contributed by atoms with E-state index in [9.17, 15) is 0 Å². The van der Waals surface area contributed by atoms with Gasteiger partial charge in [0.1, 0.15) is 5.75 Å². The molecule has 0 spiro atoms. The smallest absolute Gasteiger partial charge is 0.119 e. The zero-order chi connectivity index (χ0) is 17.0. The van der Waals surface area contributed by atoms with Crippen molar-refractivity contribution in [3.05, 3.63) is 52.8 Å². The van der Waals surface area contributed by atoms with E-state index in [-0.39, 0.29) is 5.41 Å². The average molecular weight is 337 g/mol. The highest BCUT2D eigenvalue weighted by Crippen LogP contribution is 2.54. The maximum absolute atomic E-state index is 5.67. The van der Waals surface area contributed by atoms with E-state index in [0.29, 0.717) is 6.04 Å².